The van der Waals surface area contributed by atoms with Gasteiger partial charge in [0.1, 0.15) is 6.54 Å². The summed E-state index contributed by atoms with van der Waals surface area (Å²) >= 11 is 0. The van der Waals surface area contributed by atoms with Crippen LogP contribution in [0.15, 0.2) is 36.5 Å². The summed E-state index contributed by atoms with van der Waals surface area (Å²) in [6.07, 6.45) is 4.90. The first-order chi connectivity index (χ1) is 12.5. The van der Waals surface area contributed by atoms with E-state index in [-0.39, 0.29) is 18.4 Å². The summed E-state index contributed by atoms with van der Waals surface area (Å²) in [4.78, 5) is 25.3. The minimum Gasteiger partial charge on any atom is -0.480 e. The van der Waals surface area contributed by atoms with Crippen LogP contribution in [0.5, 0.6) is 0 Å². The maximum Gasteiger partial charge on any atom is 0.325 e. The lowest BCUT2D eigenvalue weighted by atomic mass is 9.94. The van der Waals surface area contributed by atoms with Crippen LogP contribution in [0.25, 0.3) is 0 Å². The van der Waals surface area contributed by atoms with Crippen LogP contribution in [-0.2, 0) is 22.6 Å². The molecule has 138 valence electrons. The number of nitrogens with zero attached hydrogens (tertiary/aromatic N) is 3. The summed E-state index contributed by atoms with van der Waals surface area (Å²) in [6.45, 7) is 3.38. The van der Waals surface area contributed by atoms with Crippen molar-refractivity contribution in [3.05, 3.63) is 53.3 Å². The molecule has 0 aliphatic carbocycles. The van der Waals surface area contributed by atoms with Crippen LogP contribution in [0, 0.1) is 6.92 Å². The molecule has 1 amide bonds. The molecule has 0 radical (unpaired) electrons. The van der Waals surface area contributed by atoms with Crippen LogP contribution in [0.2, 0.25) is 0 Å². The molecule has 26 heavy (non-hydrogen) atoms. The van der Waals surface area contributed by atoms with E-state index in [1.54, 1.807) is 6.20 Å². The summed E-state index contributed by atoms with van der Waals surface area (Å²) in [5.41, 5.74) is 3.29. The summed E-state index contributed by atoms with van der Waals surface area (Å²) in [5.74, 6) is -0.543. The van der Waals surface area contributed by atoms with Gasteiger partial charge < -0.3 is 10.0 Å². The van der Waals surface area contributed by atoms with Crippen LogP contribution in [0.4, 0.5) is 0 Å². The number of carbonyl (C=O) groups is 2. The highest BCUT2D eigenvalue weighted by atomic mass is 16.4. The molecular weight excluding hydrogens is 330 g/mol. The van der Waals surface area contributed by atoms with Crippen LogP contribution in [0.3, 0.4) is 0 Å². The van der Waals surface area contributed by atoms with Gasteiger partial charge in [-0.25, -0.2) is 0 Å². The maximum atomic E-state index is 12.6. The molecule has 1 aliphatic heterocycles. The van der Waals surface area contributed by atoms with E-state index in [9.17, 15) is 9.59 Å². The molecule has 6 heteroatoms. The SMILES string of the molecule is Cc1ccc(CCC(=O)N2CCC[C@H](c3ccn(CC(=O)O)n3)C2)cc1. The average Bonchev–Trinajstić information content (AvgIpc) is 3.09. The third kappa shape index (κ3) is 4.71. The van der Waals surface area contributed by atoms with E-state index >= 15 is 0 Å². The number of carbonyl (C=O) groups excluding carboxylic acids is 1. The molecule has 0 saturated carbocycles. The number of aliphatic carboxylic acids is 1. The molecule has 0 bridgehead atoms. The Morgan fingerprint density at radius 1 is 1.23 bits per heavy atom. The lowest BCUT2D eigenvalue weighted by Gasteiger charge is -2.32. The van der Waals surface area contributed by atoms with E-state index in [1.165, 1.54) is 15.8 Å². The number of carboxylic acid groups (broad SMARTS) is 1. The Kier molecular flexibility index (Phi) is 5.71. The van der Waals surface area contributed by atoms with Crippen molar-refractivity contribution in [2.75, 3.05) is 13.1 Å². The summed E-state index contributed by atoms with van der Waals surface area (Å²) < 4.78 is 1.44. The van der Waals surface area contributed by atoms with Gasteiger partial charge in [0, 0.05) is 31.6 Å². The highest BCUT2D eigenvalue weighted by molar-refractivity contribution is 5.76. The van der Waals surface area contributed by atoms with Gasteiger partial charge in [0.15, 0.2) is 0 Å². The zero-order valence-electron chi connectivity index (χ0n) is 15.1. The van der Waals surface area contributed by atoms with Crippen molar-refractivity contribution < 1.29 is 14.7 Å². The lowest BCUT2D eigenvalue weighted by molar-refractivity contribution is -0.138. The van der Waals surface area contributed by atoms with Crippen LogP contribution < -0.4 is 0 Å². The topological polar surface area (TPSA) is 75.4 Å². The maximum absolute atomic E-state index is 12.6. The predicted molar refractivity (Wildman–Crippen MR) is 97.9 cm³/mol. The number of hydrogen-bond donors (Lipinski definition) is 1. The largest absolute Gasteiger partial charge is 0.480 e. The molecule has 0 spiro atoms. The fourth-order valence-corrected chi connectivity index (χ4v) is 3.43. The third-order valence-corrected chi connectivity index (χ3v) is 4.90. The summed E-state index contributed by atoms with van der Waals surface area (Å²) in [5, 5.41) is 13.2. The van der Waals surface area contributed by atoms with Crippen LogP contribution >= 0.6 is 0 Å². The molecule has 6 nitrogen and oxygen atoms in total. The van der Waals surface area contributed by atoms with E-state index < -0.39 is 5.97 Å². The number of amides is 1. The lowest BCUT2D eigenvalue weighted by Crippen LogP contribution is -2.39. The minimum atomic E-state index is -0.906. The molecule has 1 aromatic carbocycles. The standard InChI is InChI=1S/C20H25N3O3/c1-15-4-6-16(7-5-15)8-9-19(24)22-11-2-3-17(13-22)18-10-12-23(21-18)14-20(25)26/h4-7,10,12,17H,2-3,8-9,11,13-14H2,1H3,(H,25,26)/t17-/m0/s1. The third-order valence-electron chi connectivity index (χ3n) is 4.90. The summed E-state index contributed by atoms with van der Waals surface area (Å²) in [7, 11) is 0. The Hall–Kier alpha value is -2.63. The molecule has 2 heterocycles. The van der Waals surface area contributed by atoms with E-state index in [1.807, 2.05) is 11.0 Å². The van der Waals surface area contributed by atoms with Crippen molar-refractivity contribution in [3.8, 4) is 0 Å². The molecule has 1 saturated heterocycles. The van der Waals surface area contributed by atoms with Crippen LogP contribution in [0.1, 0.15) is 42.0 Å². The van der Waals surface area contributed by atoms with Gasteiger partial charge in [-0.2, -0.15) is 5.10 Å². The number of aryl methyl sites for hydroxylation is 2. The van der Waals surface area contributed by atoms with Crippen molar-refractivity contribution >= 4 is 11.9 Å². The summed E-state index contributed by atoms with van der Waals surface area (Å²) in [6, 6.07) is 10.2. The number of likely N-dealkylation sites (tertiary alicyclic amines) is 1. The van der Waals surface area contributed by atoms with Crippen molar-refractivity contribution in [1.29, 1.82) is 0 Å². The first kappa shape index (κ1) is 18.2. The molecule has 1 N–H and O–H groups in total. The van der Waals surface area contributed by atoms with E-state index in [4.69, 9.17) is 5.11 Å². The fraction of sp³-hybridized carbons (Fsp3) is 0.450. The predicted octanol–water partition coefficient (Wildman–Crippen LogP) is 2.61. The number of piperidine rings is 1. The van der Waals surface area contributed by atoms with Gasteiger partial charge in [-0.05, 0) is 37.8 Å². The number of rotatable bonds is 6. The zero-order chi connectivity index (χ0) is 18.5. The second kappa shape index (κ2) is 8.17. The van der Waals surface area contributed by atoms with Crippen molar-refractivity contribution in [1.82, 2.24) is 14.7 Å². The molecule has 1 atom stereocenters. The van der Waals surface area contributed by atoms with Gasteiger partial charge in [-0.3, -0.25) is 14.3 Å². The van der Waals surface area contributed by atoms with Gasteiger partial charge in [-0.1, -0.05) is 29.8 Å². The minimum absolute atomic E-state index is 0.133. The Labute approximate surface area is 153 Å². The molecule has 1 fully saturated rings. The number of hydrogen-bond acceptors (Lipinski definition) is 3. The van der Waals surface area contributed by atoms with Crippen molar-refractivity contribution in [2.24, 2.45) is 0 Å². The quantitative estimate of drug-likeness (QED) is 0.864. The van der Waals surface area contributed by atoms with E-state index in [2.05, 4.69) is 36.3 Å². The van der Waals surface area contributed by atoms with E-state index in [0.717, 1.165) is 31.5 Å². The number of aromatic nitrogens is 2. The number of benzene rings is 1. The van der Waals surface area contributed by atoms with Gasteiger partial charge >= 0.3 is 5.97 Å². The van der Waals surface area contributed by atoms with Crippen molar-refractivity contribution in [2.45, 2.75) is 45.1 Å². The molecule has 2 aromatic rings. The van der Waals surface area contributed by atoms with Crippen molar-refractivity contribution in [3.63, 3.8) is 0 Å². The molecule has 3 rings (SSSR count). The molecule has 1 aromatic heterocycles. The van der Waals surface area contributed by atoms with E-state index in [0.29, 0.717) is 13.0 Å². The normalized spacial score (nSPS) is 17.3. The van der Waals surface area contributed by atoms with Gasteiger partial charge in [0.25, 0.3) is 0 Å². The first-order valence-electron chi connectivity index (χ1n) is 9.10. The fourth-order valence-electron chi connectivity index (χ4n) is 3.43. The number of carboxylic acids is 1. The Bertz CT molecular complexity index is 767. The van der Waals surface area contributed by atoms with Gasteiger partial charge in [0.05, 0.1) is 5.69 Å². The highest BCUT2D eigenvalue weighted by Crippen LogP contribution is 2.26. The molecule has 1 aliphatic rings. The monoisotopic (exact) mass is 355 g/mol. The highest BCUT2D eigenvalue weighted by Gasteiger charge is 2.26. The smallest absolute Gasteiger partial charge is 0.325 e. The van der Waals surface area contributed by atoms with Gasteiger partial charge in [-0.15, -0.1) is 0 Å². The second-order valence-electron chi connectivity index (χ2n) is 7.00. The zero-order valence-corrected chi connectivity index (χ0v) is 15.1. The van der Waals surface area contributed by atoms with Gasteiger partial charge in [0.2, 0.25) is 5.91 Å². The molecular formula is C20H25N3O3. The van der Waals surface area contributed by atoms with Crippen LogP contribution in [-0.4, -0.2) is 44.8 Å². The average molecular weight is 355 g/mol. The second-order valence-corrected chi connectivity index (χ2v) is 7.00. The Morgan fingerprint density at radius 2 is 2.00 bits per heavy atom. The Balaban J connectivity index is 1.55. The Morgan fingerprint density at radius 3 is 2.73 bits per heavy atom. The first-order valence-corrected chi connectivity index (χ1v) is 9.10. The molecule has 0 unspecified atom stereocenters.